The molecule has 1 saturated heterocycles. The molecule has 8 nitrogen and oxygen atoms in total. The van der Waals surface area contributed by atoms with Gasteiger partial charge in [0.1, 0.15) is 5.15 Å². The lowest BCUT2D eigenvalue weighted by Gasteiger charge is -2.33. The molecule has 3 heterocycles. The molecule has 0 saturated carbocycles. The van der Waals surface area contributed by atoms with Gasteiger partial charge in [0.25, 0.3) is 11.5 Å². The van der Waals surface area contributed by atoms with E-state index in [1.54, 1.807) is 18.0 Å². The van der Waals surface area contributed by atoms with Crippen molar-refractivity contribution in [3.63, 3.8) is 0 Å². The number of piperidine rings is 1. The number of carboxylic acid groups (broad SMARTS) is 1. The van der Waals surface area contributed by atoms with Crippen molar-refractivity contribution in [2.45, 2.75) is 45.6 Å². The molecule has 35 heavy (non-hydrogen) atoms. The summed E-state index contributed by atoms with van der Waals surface area (Å²) in [7, 11) is 1.59. The molecule has 0 radical (unpaired) electrons. The minimum Gasteiger partial charge on any atom is -0.476 e. The molecule has 0 aliphatic carbocycles. The number of aryl methyl sites for hydroxylation is 1. The number of nitrogens with one attached hydrogen (secondary N) is 1. The third kappa shape index (κ3) is 4.67. The summed E-state index contributed by atoms with van der Waals surface area (Å²) in [6, 6.07) is 4.34. The van der Waals surface area contributed by atoms with E-state index in [2.05, 4.69) is 10.3 Å². The van der Waals surface area contributed by atoms with E-state index in [1.807, 2.05) is 20.8 Å². The second-order valence-corrected chi connectivity index (χ2v) is 9.34. The van der Waals surface area contributed by atoms with Crippen LogP contribution in [0.1, 0.15) is 53.0 Å². The van der Waals surface area contributed by atoms with Crippen molar-refractivity contribution >= 4 is 40.1 Å². The van der Waals surface area contributed by atoms with Crippen molar-refractivity contribution in [3.8, 4) is 0 Å². The highest BCUT2D eigenvalue weighted by Gasteiger charge is 2.35. The molecule has 1 aromatic carbocycles. The molecule has 3 aromatic rings. The predicted octanol–water partition coefficient (Wildman–Crippen LogP) is 4.71. The number of fused-ring (bicyclic) bond motifs is 1. The van der Waals surface area contributed by atoms with Gasteiger partial charge in [-0.25, -0.2) is 23.5 Å². The van der Waals surface area contributed by atoms with E-state index in [0.29, 0.717) is 22.4 Å². The molecule has 4 rings (SSSR count). The molecule has 2 aromatic heterocycles. The SMILES string of the molecule is Cc1cc2c(=O)n(C)c(N3CCC(F)(F)CC3)nc2c(C(C)Nc2ccc(Cl)nc2C(=O)O)c1C. The summed E-state index contributed by atoms with van der Waals surface area (Å²) in [5.41, 5.74) is 2.68. The third-order valence-electron chi connectivity index (χ3n) is 6.56. The molecule has 1 aliphatic heterocycles. The number of pyridine rings is 1. The van der Waals surface area contributed by atoms with Crippen LogP contribution in [-0.4, -0.2) is 44.6 Å². The van der Waals surface area contributed by atoms with Crippen LogP contribution in [0.3, 0.4) is 0 Å². The third-order valence-corrected chi connectivity index (χ3v) is 6.77. The highest BCUT2D eigenvalue weighted by Crippen LogP contribution is 2.34. The van der Waals surface area contributed by atoms with Gasteiger partial charge in [0, 0.05) is 38.5 Å². The Labute approximate surface area is 205 Å². The molecule has 186 valence electrons. The fourth-order valence-corrected chi connectivity index (χ4v) is 4.67. The maximum Gasteiger partial charge on any atom is 0.356 e. The molecule has 1 atom stereocenters. The summed E-state index contributed by atoms with van der Waals surface area (Å²) < 4.78 is 28.9. The molecule has 1 unspecified atom stereocenters. The number of carbonyl (C=O) groups is 1. The van der Waals surface area contributed by atoms with Crippen molar-refractivity contribution in [3.05, 3.63) is 56.1 Å². The number of rotatable bonds is 5. The van der Waals surface area contributed by atoms with Crippen LogP contribution in [0.4, 0.5) is 20.4 Å². The van der Waals surface area contributed by atoms with Crippen LogP contribution in [-0.2, 0) is 7.05 Å². The van der Waals surface area contributed by atoms with E-state index in [4.69, 9.17) is 16.6 Å². The Morgan fingerprint density at radius 3 is 2.51 bits per heavy atom. The number of hydrogen-bond acceptors (Lipinski definition) is 6. The smallest absolute Gasteiger partial charge is 0.356 e. The average Bonchev–Trinajstić information content (AvgIpc) is 2.79. The van der Waals surface area contributed by atoms with Gasteiger partial charge in [0.05, 0.1) is 22.6 Å². The van der Waals surface area contributed by atoms with Gasteiger partial charge in [-0.3, -0.25) is 9.36 Å². The number of benzene rings is 1. The van der Waals surface area contributed by atoms with Crippen molar-refractivity contribution in [2.75, 3.05) is 23.3 Å². The summed E-state index contributed by atoms with van der Waals surface area (Å²) in [4.78, 5) is 35.4. The van der Waals surface area contributed by atoms with Crippen LogP contribution < -0.4 is 15.8 Å². The van der Waals surface area contributed by atoms with Crippen LogP contribution in [0.5, 0.6) is 0 Å². The fraction of sp³-hybridized carbons (Fsp3) is 0.417. The van der Waals surface area contributed by atoms with Crippen LogP contribution in [0.2, 0.25) is 5.15 Å². The maximum absolute atomic E-state index is 13.7. The van der Waals surface area contributed by atoms with E-state index in [1.165, 1.54) is 16.7 Å². The predicted molar refractivity (Wildman–Crippen MR) is 131 cm³/mol. The second-order valence-electron chi connectivity index (χ2n) is 8.95. The largest absolute Gasteiger partial charge is 0.476 e. The van der Waals surface area contributed by atoms with Crippen LogP contribution in [0.15, 0.2) is 23.0 Å². The number of nitrogens with zero attached hydrogens (tertiary/aromatic N) is 4. The standard InChI is InChI=1S/C24H26ClF2N5O3/c1-12-11-15-19(30-23(31(4)21(15)33)32-9-7-24(26,27)8-10-32)18(13(12)2)14(3)28-16-5-6-17(25)29-20(16)22(34)35/h5-6,11,14,28H,7-10H2,1-4H3,(H,34,35). The Morgan fingerprint density at radius 1 is 1.23 bits per heavy atom. The zero-order valence-electron chi connectivity index (χ0n) is 19.8. The van der Waals surface area contributed by atoms with Gasteiger partial charge >= 0.3 is 5.97 Å². The minimum atomic E-state index is -2.72. The second kappa shape index (κ2) is 9.07. The Morgan fingerprint density at radius 2 is 1.89 bits per heavy atom. The van der Waals surface area contributed by atoms with Gasteiger partial charge in [-0.2, -0.15) is 0 Å². The molecular formula is C24H26ClF2N5O3. The normalized spacial score (nSPS) is 16.4. The molecule has 2 N–H and O–H groups in total. The van der Waals surface area contributed by atoms with Crippen LogP contribution >= 0.6 is 11.6 Å². The van der Waals surface area contributed by atoms with Gasteiger partial charge in [0.2, 0.25) is 5.95 Å². The average molecular weight is 506 g/mol. The van der Waals surface area contributed by atoms with Gasteiger partial charge in [0.15, 0.2) is 5.69 Å². The summed E-state index contributed by atoms with van der Waals surface area (Å²) in [6.45, 7) is 5.80. The lowest BCUT2D eigenvalue weighted by Crippen LogP contribution is -2.42. The first-order chi connectivity index (χ1) is 16.4. The Bertz CT molecular complexity index is 1380. The summed E-state index contributed by atoms with van der Waals surface area (Å²) in [5, 5.41) is 13.2. The van der Waals surface area contributed by atoms with E-state index >= 15 is 0 Å². The van der Waals surface area contributed by atoms with Crippen molar-refractivity contribution < 1.29 is 18.7 Å². The van der Waals surface area contributed by atoms with Gasteiger partial charge < -0.3 is 15.3 Å². The first-order valence-corrected chi connectivity index (χ1v) is 11.6. The quantitative estimate of drug-likeness (QED) is 0.484. The van der Waals surface area contributed by atoms with E-state index in [-0.39, 0.29) is 48.0 Å². The zero-order chi connectivity index (χ0) is 25.7. The number of hydrogen-bond donors (Lipinski definition) is 2. The van der Waals surface area contributed by atoms with Crippen molar-refractivity contribution in [1.29, 1.82) is 0 Å². The highest BCUT2D eigenvalue weighted by molar-refractivity contribution is 6.29. The molecule has 1 fully saturated rings. The molecule has 1 aliphatic rings. The van der Waals surface area contributed by atoms with Crippen molar-refractivity contribution in [1.82, 2.24) is 14.5 Å². The number of alkyl halides is 2. The summed E-state index contributed by atoms with van der Waals surface area (Å²) in [5.74, 6) is -3.63. The summed E-state index contributed by atoms with van der Waals surface area (Å²) in [6.07, 6.45) is -0.611. The van der Waals surface area contributed by atoms with E-state index in [0.717, 1.165) is 11.1 Å². The lowest BCUT2D eigenvalue weighted by atomic mass is 9.94. The lowest BCUT2D eigenvalue weighted by molar-refractivity contribution is -0.0223. The first kappa shape index (κ1) is 24.8. The Kier molecular flexibility index (Phi) is 6.44. The number of carboxylic acids is 1. The molecule has 0 spiro atoms. The maximum atomic E-state index is 13.7. The first-order valence-electron chi connectivity index (χ1n) is 11.2. The van der Waals surface area contributed by atoms with Gasteiger partial charge in [-0.15, -0.1) is 0 Å². The number of anilines is 2. The Balaban J connectivity index is 1.85. The van der Waals surface area contributed by atoms with E-state index in [9.17, 15) is 23.5 Å². The molecule has 11 heteroatoms. The number of aromatic carboxylic acids is 1. The highest BCUT2D eigenvalue weighted by atomic mass is 35.5. The van der Waals surface area contributed by atoms with Gasteiger partial charge in [-0.05, 0) is 50.1 Å². The van der Waals surface area contributed by atoms with Gasteiger partial charge in [-0.1, -0.05) is 11.6 Å². The molecule has 0 amide bonds. The monoisotopic (exact) mass is 505 g/mol. The minimum absolute atomic E-state index is 0.0553. The zero-order valence-corrected chi connectivity index (χ0v) is 20.6. The van der Waals surface area contributed by atoms with Crippen molar-refractivity contribution in [2.24, 2.45) is 7.05 Å². The van der Waals surface area contributed by atoms with Crippen LogP contribution in [0.25, 0.3) is 10.9 Å². The van der Waals surface area contributed by atoms with E-state index < -0.39 is 17.9 Å². The fourth-order valence-electron chi connectivity index (χ4n) is 4.53. The summed E-state index contributed by atoms with van der Waals surface area (Å²) >= 11 is 5.88. The molecular weight excluding hydrogens is 480 g/mol. The topological polar surface area (TPSA) is 100 Å². The number of aromatic nitrogens is 3. The van der Waals surface area contributed by atoms with Crippen LogP contribution in [0, 0.1) is 13.8 Å². The number of halogens is 3. The Hall–Kier alpha value is -3.27. The molecule has 0 bridgehead atoms.